The van der Waals surface area contributed by atoms with Crippen LogP contribution in [0, 0.1) is 42.1 Å². The molecule has 2 bridgehead atoms. The molecule has 5 rings (SSSR count). The molecule has 0 N–H and O–H groups in total. The van der Waals surface area contributed by atoms with Gasteiger partial charge in [-0.1, -0.05) is 30.4 Å². The van der Waals surface area contributed by atoms with Crippen molar-refractivity contribution in [3.8, 4) is 11.8 Å². The second-order valence-electron chi connectivity index (χ2n) is 8.10. The van der Waals surface area contributed by atoms with Gasteiger partial charge in [-0.2, -0.15) is 15.4 Å². The van der Waals surface area contributed by atoms with Gasteiger partial charge in [0.1, 0.15) is 12.4 Å². The van der Waals surface area contributed by atoms with E-state index in [9.17, 15) is 14.9 Å². The molecule has 8 heteroatoms. The fourth-order valence-electron chi connectivity index (χ4n) is 4.82. The zero-order valence-corrected chi connectivity index (χ0v) is 21.1. The van der Waals surface area contributed by atoms with Crippen molar-refractivity contribution in [2.75, 3.05) is 0 Å². The summed E-state index contributed by atoms with van der Waals surface area (Å²) in [5.41, 5.74) is 2.20. The zero-order valence-electron chi connectivity index (χ0n) is 16.7. The lowest BCUT2D eigenvalue weighted by Gasteiger charge is -2.13. The molecular weight excluding hydrogens is 632 g/mol. The van der Waals surface area contributed by atoms with Gasteiger partial charge in [-0.25, -0.2) is 0 Å². The Labute approximate surface area is 212 Å². The molecule has 0 unspecified atom stereocenters. The summed E-state index contributed by atoms with van der Waals surface area (Å²) in [5.74, 6) is 0.199. The highest BCUT2D eigenvalue weighted by Crippen LogP contribution is 2.52. The molecule has 160 valence electrons. The van der Waals surface area contributed by atoms with Gasteiger partial charge in [-0.05, 0) is 87.2 Å². The molecule has 1 aliphatic heterocycles. The molecule has 2 amide bonds. The molecule has 2 aliphatic carbocycles. The SMILES string of the molecule is N#Cc1ccccc1COc1c(I)cc(C=NN2C(=O)[C@@H]3[C@H](C2=O)[C@H]2C=C[C@H]3C2)cc1I. The number of hydrazone groups is 1. The molecule has 2 aromatic carbocycles. The highest BCUT2D eigenvalue weighted by Gasteiger charge is 2.59. The first-order valence-electron chi connectivity index (χ1n) is 10.2. The van der Waals surface area contributed by atoms with Gasteiger partial charge >= 0.3 is 0 Å². The van der Waals surface area contributed by atoms with Crippen molar-refractivity contribution >= 4 is 63.2 Å². The first-order chi connectivity index (χ1) is 15.5. The average molecular weight is 649 g/mol. The minimum absolute atomic E-state index is 0.172. The van der Waals surface area contributed by atoms with Gasteiger partial charge in [0, 0.05) is 5.56 Å². The van der Waals surface area contributed by atoms with Gasteiger partial charge in [0.25, 0.3) is 11.8 Å². The van der Waals surface area contributed by atoms with E-state index in [4.69, 9.17) is 4.74 Å². The summed E-state index contributed by atoms with van der Waals surface area (Å²) in [6.45, 7) is 0.291. The van der Waals surface area contributed by atoms with Gasteiger partial charge in [0.05, 0.1) is 36.8 Å². The van der Waals surface area contributed by atoms with Crippen LogP contribution in [-0.2, 0) is 16.2 Å². The van der Waals surface area contributed by atoms with Crippen LogP contribution in [0.25, 0.3) is 0 Å². The van der Waals surface area contributed by atoms with Crippen molar-refractivity contribution in [3.05, 3.63) is 72.4 Å². The molecule has 0 aromatic heterocycles. The van der Waals surface area contributed by atoms with Gasteiger partial charge < -0.3 is 4.74 Å². The first-order valence-corrected chi connectivity index (χ1v) is 12.3. The third-order valence-corrected chi connectivity index (χ3v) is 7.90. The number of halogens is 2. The monoisotopic (exact) mass is 649 g/mol. The van der Waals surface area contributed by atoms with Crippen molar-refractivity contribution in [3.63, 3.8) is 0 Å². The topological polar surface area (TPSA) is 82.8 Å². The van der Waals surface area contributed by atoms with E-state index in [1.807, 2.05) is 30.3 Å². The number of nitrogens with zero attached hydrogens (tertiary/aromatic N) is 3. The molecule has 0 spiro atoms. The molecular formula is C24H17I2N3O3. The third kappa shape index (κ3) is 3.65. The number of imide groups is 1. The number of rotatable bonds is 5. The van der Waals surface area contributed by atoms with E-state index in [1.165, 1.54) is 0 Å². The van der Waals surface area contributed by atoms with Crippen LogP contribution in [0.4, 0.5) is 0 Å². The van der Waals surface area contributed by atoms with Gasteiger partial charge in [0.15, 0.2) is 0 Å². The van der Waals surface area contributed by atoms with E-state index in [2.05, 4.69) is 68.5 Å². The van der Waals surface area contributed by atoms with Crippen LogP contribution in [0.1, 0.15) is 23.1 Å². The Morgan fingerprint density at radius 3 is 2.34 bits per heavy atom. The van der Waals surface area contributed by atoms with Crippen LogP contribution in [0.2, 0.25) is 0 Å². The molecule has 1 saturated carbocycles. The number of nitriles is 1. The van der Waals surface area contributed by atoms with Gasteiger partial charge in [-0.3, -0.25) is 9.59 Å². The lowest BCUT2D eigenvalue weighted by atomic mass is 9.85. The Morgan fingerprint density at radius 1 is 1.09 bits per heavy atom. The Bertz CT molecular complexity index is 1180. The number of carbonyl (C=O) groups is 2. The van der Waals surface area contributed by atoms with Crippen LogP contribution in [0.3, 0.4) is 0 Å². The van der Waals surface area contributed by atoms with Crippen molar-refractivity contribution in [1.82, 2.24) is 5.01 Å². The van der Waals surface area contributed by atoms with Crippen LogP contribution in [0.5, 0.6) is 5.75 Å². The maximum atomic E-state index is 12.8. The van der Waals surface area contributed by atoms with Gasteiger partial charge in [-0.15, -0.1) is 0 Å². The molecule has 32 heavy (non-hydrogen) atoms. The molecule has 2 aromatic rings. The Balaban J connectivity index is 1.32. The van der Waals surface area contributed by atoms with Crippen LogP contribution < -0.4 is 4.74 Å². The maximum Gasteiger partial charge on any atom is 0.254 e. The second kappa shape index (κ2) is 8.59. The average Bonchev–Trinajstić information content (AvgIpc) is 3.46. The van der Waals surface area contributed by atoms with Crippen LogP contribution in [-0.4, -0.2) is 23.0 Å². The lowest BCUT2D eigenvalue weighted by molar-refractivity contribution is -0.140. The normalized spacial score (nSPS) is 25.6. The summed E-state index contributed by atoms with van der Waals surface area (Å²) in [6.07, 6.45) is 6.61. The van der Waals surface area contributed by atoms with Crippen molar-refractivity contribution < 1.29 is 14.3 Å². The van der Waals surface area contributed by atoms with E-state index in [0.29, 0.717) is 12.2 Å². The van der Waals surface area contributed by atoms with E-state index < -0.39 is 0 Å². The van der Waals surface area contributed by atoms with Gasteiger partial charge in [0.2, 0.25) is 0 Å². The Hall–Kier alpha value is -2.26. The third-order valence-electron chi connectivity index (χ3n) is 6.30. The van der Waals surface area contributed by atoms with E-state index >= 15 is 0 Å². The summed E-state index contributed by atoms with van der Waals surface area (Å²) >= 11 is 4.38. The number of carbonyl (C=O) groups excluding carboxylic acids is 2. The zero-order chi connectivity index (χ0) is 22.4. The molecule has 1 saturated heterocycles. The Kier molecular flexibility index (Phi) is 5.79. The molecule has 0 radical (unpaired) electrons. The summed E-state index contributed by atoms with van der Waals surface area (Å²) in [7, 11) is 0. The molecule has 6 nitrogen and oxygen atoms in total. The number of hydrogen-bond acceptors (Lipinski definition) is 5. The van der Waals surface area contributed by atoms with E-state index in [-0.39, 0.29) is 35.5 Å². The lowest BCUT2D eigenvalue weighted by Crippen LogP contribution is -2.28. The number of allylic oxidation sites excluding steroid dienone is 2. The van der Waals surface area contributed by atoms with Crippen LogP contribution in [0.15, 0.2) is 53.7 Å². The fourth-order valence-corrected chi connectivity index (χ4v) is 6.95. The number of ether oxygens (including phenoxy) is 1. The van der Waals surface area contributed by atoms with E-state index in [1.54, 1.807) is 12.3 Å². The predicted octanol–water partition coefficient (Wildman–Crippen LogP) is 4.49. The molecule has 3 aliphatic rings. The molecule has 4 atom stereocenters. The predicted molar refractivity (Wildman–Crippen MR) is 135 cm³/mol. The van der Waals surface area contributed by atoms with Crippen molar-refractivity contribution in [2.45, 2.75) is 13.0 Å². The highest BCUT2D eigenvalue weighted by molar-refractivity contribution is 14.1. The second-order valence-corrected chi connectivity index (χ2v) is 10.4. The molecule has 1 heterocycles. The summed E-state index contributed by atoms with van der Waals surface area (Å²) < 4.78 is 7.76. The first kappa shape index (κ1) is 21.6. The van der Waals surface area contributed by atoms with Crippen molar-refractivity contribution in [1.29, 1.82) is 5.26 Å². The summed E-state index contributed by atoms with van der Waals surface area (Å²) in [4.78, 5) is 25.6. The maximum absolute atomic E-state index is 12.8. The minimum atomic E-state index is -0.248. The standard InChI is InChI=1S/C24H17I2N3O3/c25-18-7-13(8-19(26)22(18)32-12-17-4-2-1-3-16(17)10-27)11-28-29-23(30)20-14-5-6-15(9-14)21(20)24(29)31/h1-8,11,14-15,20-21H,9,12H2/t14-,15-,20-,21+/m0/s1. The number of fused-ring (bicyclic) bond motifs is 5. The quantitative estimate of drug-likeness (QED) is 0.207. The minimum Gasteiger partial charge on any atom is -0.487 e. The summed E-state index contributed by atoms with van der Waals surface area (Å²) in [6, 6.07) is 13.3. The number of benzene rings is 2. The largest absolute Gasteiger partial charge is 0.487 e. The van der Waals surface area contributed by atoms with Crippen LogP contribution >= 0.6 is 45.2 Å². The Morgan fingerprint density at radius 2 is 1.72 bits per heavy atom. The molecule has 2 fully saturated rings. The highest BCUT2D eigenvalue weighted by atomic mass is 127. The van der Waals surface area contributed by atoms with E-state index in [0.717, 1.165) is 35.4 Å². The smallest absolute Gasteiger partial charge is 0.254 e. The van der Waals surface area contributed by atoms with Crippen molar-refractivity contribution in [2.24, 2.45) is 28.8 Å². The fraction of sp³-hybridized carbons (Fsp3) is 0.250. The number of hydrogen-bond donors (Lipinski definition) is 0. The summed E-state index contributed by atoms with van der Waals surface area (Å²) in [5, 5.41) is 14.6. The number of amides is 2.